The van der Waals surface area contributed by atoms with Crippen molar-refractivity contribution in [3.8, 4) is 0 Å². The van der Waals surface area contributed by atoms with Crippen molar-refractivity contribution in [3.63, 3.8) is 0 Å². The molecule has 0 spiro atoms. The van der Waals surface area contributed by atoms with Crippen molar-refractivity contribution < 1.29 is 14.7 Å². The summed E-state index contributed by atoms with van der Waals surface area (Å²) in [5.41, 5.74) is 1.22. The lowest BCUT2D eigenvalue weighted by molar-refractivity contribution is -0.140. The molecule has 0 aliphatic carbocycles. The van der Waals surface area contributed by atoms with E-state index in [4.69, 9.17) is 5.11 Å². The molecule has 5 nitrogen and oxygen atoms in total. The van der Waals surface area contributed by atoms with E-state index in [1.807, 2.05) is 39.0 Å². The predicted molar refractivity (Wildman–Crippen MR) is 86.8 cm³/mol. The lowest BCUT2D eigenvalue weighted by Gasteiger charge is -2.22. The second-order valence-corrected chi connectivity index (χ2v) is 5.74. The largest absolute Gasteiger partial charge is 0.480 e. The minimum atomic E-state index is -0.999. The van der Waals surface area contributed by atoms with Gasteiger partial charge in [0.2, 0.25) is 0 Å². The van der Waals surface area contributed by atoms with Gasteiger partial charge in [0.1, 0.15) is 6.04 Å². The molecule has 0 aromatic heterocycles. The summed E-state index contributed by atoms with van der Waals surface area (Å²) in [6.45, 7) is 5.64. The second kappa shape index (κ2) is 9.07. The molecule has 0 aliphatic rings. The van der Waals surface area contributed by atoms with Crippen LogP contribution in [0, 0.1) is 5.92 Å². The summed E-state index contributed by atoms with van der Waals surface area (Å²) in [6.07, 6.45) is 2.37. The Bertz CT molecular complexity index is 476. The van der Waals surface area contributed by atoms with Crippen molar-refractivity contribution in [1.82, 2.24) is 10.6 Å². The molecular weight excluding hydrogens is 280 g/mol. The van der Waals surface area contributed by atoms with Crippen LogP contribution in [-0.4, -0.2) is 29.2 Å². The van der Waals surface area contributed by atoms with E-state index in [9.17, 15) is 9.59 Å². The van der Waals surface area contributed by atoms with Gasteiger partial charge in [0, 0.05) is 6.04 Å². The Morgan fingerprint density at radius 1 is 1.14 bits per heavy atom. The average Bonchev–Trinajstić information content (AvgIpc) is 2.50. The van der Waals surface area contributed by atoms with Crippen molar-refractivity contribution in [2.45, 2.75) is 52.1 Å². The van der Waals surface area contributed by atoms with Crippen LogP contribution in [0.5, 0.6) is 0 Å². The first-order chi connectivity index (χ1) is 10.4. The minimum absolute atomic E-state index is 0.0217. The molecule has 0 saturated carbocycles. The Labute approximate surface area is 132 Å². The zero-order valence-electron chi connectivity index (χ0n) is 13.5. The molecule has 2 amide bonds. The summed E-state index contributed by atoms with van der Waals surface area (Å²) in [5.74, 6) is -1.11. The summed E-state index contributed by atoms with van der Waals surface area (Å²) in [4.78, 5) is 23.1. The highest BCUT2D eigenvalue weighted by Gasteiger charge is 2.25. The number of benzene rings is 1. The van der Waals surface area contributed by atoms with Crippen LogP contribution in [0.25, 0.3) is 0 Å². The third kappa shape index (κ3) is 6.16. The van der Waals surface area contributed by atoms with E-state index >= 15 is 0 Å². The second-order valence-electron chi connectivity index (χ2n) is 5.74. The molecule has 0 fully saturated rings. The molecule has 3 N–H and O–H groups in total. The van der Waals surface area contributed by atoms with Gasteiger partial charge in [-0.05, 0) is 31.2 Å². The summed E-state index contributed by atoms with van der Waals surface area (Å²) >= 11 is 0. The molecule has 1 aromatic rings. The molecule has 0 radical (unpaired) electrons. The van der Waals surface area contributed by atoms with Gasteiger partial charge in [0.05, 0.1) is 0 Å². The van der Waals surface area contributed by atoms with Gasteiger partial charge in [0.15, 0.2) is 0 Å². The normalized spacial score (nSPS) is 14.7. The molecule has 0 saturated heterocycles. The molecule has 1 rings (SSSR count). The number of aliphatic carboxylic acids is 1. The maximum absolute atomic E-state index is 11.9. The van der Waals surface area contributed by atoms with E-state index in [2.05, 4.69) is 22.8 Å². The van der Waals surface area contributed by atoms with Crippen molar-refractivity contribution >= 4 is 12.0 Å². The fourth-order valence-electron chi connectivity index (χ4n) is 2.19. The van der Waals surface area contributed by atoms with Crippen LogP contribution >= 0.6 is 0 Å². The summed E-state index contributed by atoms with van der Waals surface area (Å²) in [7, 11) is 0. The quantitative estimate of drug-likeness (QED) is 0.691. The van der Waals surface area contributed by atoms with Gasteiger partial charge in [-0.2, -0.15) is 0 Å². The van der Waals surface area contributed by atoms with Crippen LogP contribution in [0.1, 0.15) is 39.2 Å². The van der Waals surface area contributed by atoms with Gasteiger partial charge in [-0.1, -0.05) is 50.6 Å². The van der Waals surface area contributed by atoms with Crippen LogP contribution < -0.4 is 10.6 Å². The van der Waals surface area contributed by atoms with Gasteiger partial charge in [-0.3, -0.25) is 0 Å². The highest BCUT2D eigenvalue weighted by molar-refractivity contribution is 5.82. The summed E-state index contributed by atoms with van der Waals surface area (Å²) in [6, 6.07) is 8.76. The monoisotopic (exact) mass is 306 g/mol. The van der Waals surface area contributed by atoms with Crippen molar-refractivity contribution in [2.24, 2.45) is 5.92 Å². The molecule has 1 aromatic carbocycles. The SMILES string of the molecule is CC[C@@H](C)[C@H](NC(=O)N[C@@H](C)CCc1ccccc1)C(=O)O. The first kappa shape index (κ1) is 18.0. The number of hydrogen-bond acceptors (Lipinski definition) is 2. The zero-order valence-corrected chi connectivity index (χ0v) is 13.5. The van der Waals surface area contributed by atoms with Crippen molar-refractivity contribution in [1.29, 1.82) is 0 Å². The van der Waals surface area contributed by atoms with Crippen LogP contribution in [-0.2, 0) is 11.2 Å². The lowest BCUT2D eigenvalue weighted by Crippen LogP contribution is -2.51. The number of carboxylic acids is 1. The number of aryl methyl sites for hydroxylation is 1. The molecule has 3 atom stereocenters. The topological polar surface area (TPSA) is 78.4 Å². The van der Waals surface area contributed by atoms with Gasteiger partial charge in [-0.15, -0.1) is 0 Å². The van der Waals surface area contributed by atoms with Crippen LogP contribution in [0.4, 0.5) is 4.79 Å². The Balaban J connectivity index is 2.41. The number of hydrogen-bond donors (Lipinski definition) is 3. The zero-order chi connectivity index (χ0) is 16.5. The Morgan fingerprint density at radius 3 is 2.32 bits per heavy atom. The van der Waals surface area contributed by atoms with Gasteiger partial charge in [-0.25, -0.2) is 9.59 Å². The van der Waals surface area contributed by atoms with E-state index < -0.39 is 18.0 Å². The van der Waals surface area contributed by atoms with Gasteiger partial charge < -0.3 is 15.7 Å². The fraction of sp³-hybridized carbons (Fsp3) is 0.529. The van der Waals surface area contributed by atoms with E-state index in [1.165, 1.54) is 5.56 Å². The summed E-state index contributed by atoms with van der Waals surface area (Å²) < 4.78 is 0. The standard InChI is InChI=1S/C17H26N2O3/c1-4-12(2)15(16(20)21)19-17(22)18-13(3)10-11-14-8-6-5-7-9-14/h5-9,12-13,15H,4,10-11H2,1-3H3,(H,20,21)(H2,18,19,22)/t12-,13+,15+/m1/s1. The predicted octanol–water partition coefficient (Wildman–Crippen LogP) is 2.81. The number of urea groups is 1. The molecule has 22 heavy (non-hydrogen) atoms. The number of amides is 2. The third-order valence-corrected chi connectivity index (χ3v) is 3.85. The van der Waals surface area contributed by atoms with Crippen molar-refractivity contribution in [3.05, 3.63) is 35.9 Å². The smallest absolute Gasteiger partial charge is 0.326 e. The molecular formula is C17H26N2O3. The molecule has 0 bridgehead atoms. The minimum Gasteiger partial charge on any atom is -0.480 e. The molecule has 0 unspecified atom stereocenters. The van der Waals surface area contributed by atoms with E-state index in [1.54, 1.807) is 0 Å². The Morgan fingerprint density at radius 2 is 1.77 bits per heavy atom. The maximum atomic E-state index is 11.9. The van der Waals surface area contributed by atoms with Gasteiger partial charge >= 0.3 is 12.0 Å². The molecule has 122 valence electrons. The third-order valence-electron chi connectivity index (χ3n) is 3.85. The van der Waals surface area contributed by atoms with E-state index in [-0.39, 0.29) is 12.0 Å². The summed E-state index contributed by atoms with van der Waals surface area (Å²) in [5, 5.41) is 14.5. The van der Waals surface area contributed by atoms with Crippen LogP contribution in [0.15, 0.2) is 30.3 Å². The highest BCUT2D eigenvalue weighted by Crippen LogP contribution is 2.08. The molecule has 0 aliphatic heterocycles. The number of nitrogens with one attached hydrogen (secondary N) is 2. The molecule has 0 heterocycles. The van der Waals surface area contributed by atoms with Gasteiger partial charge in [0.25, 0.3) is 0 Å². The maximum Gasteiger partial charge on any atom is 0.326 e. The molecule has 5 heteroatoms. The number of rotatable bonds is 8. The van der Waals surface area contributed by atoms with E-state index in [0.29, 0.717) is 6.42 Å². The first-order valence-corrected chi connectivity index (χ1v) is 7.77. The first-order valence-electron chi connectivity index (χ1n) is 7.77. The average molecular weight is 306 g/mol. The fourth-order valence-corrected chi connectivity index (χ4v) is 2.19. The number of carbonyl (C=O) groups is 2. The number of carbonyl (C=O) groups excluding carboxylic acids is 1. The van der Waals surface area contributed by atoms with Crippen LogP contribution in [0.3, 0.4) is 0 Å². The van der Waals surface area contributed by atoms with E-state index in [0.717, 1.165) is 12.8 Å². The number of carboxylic acid groups (broad SMARTS) is 1. The Hall–Kier alpha value is -2.04. The van der Waals surface area contributed by atoms with Crippen molar-refractivity contribution in [2.75, 3.05) is 0 Å². The lowest BCUT2D eigenvalue weighted by atomic mass is 9.99. The Kier molecular flexibility index (Phi) is 7.43. The van der Waals surface area contributed by atoms with Crippen LogP contribution in [0.2, 0.25) is 0 Å². The highest BCUT2D eigenvalue weighted by atomic mass is 16.4.